The van der Waals surface area contributed by atoms with E-state index >= 15 is 0 Å². The molecule has 0 saturated heterocycles. The van der Waals surface area contributed by atoms with Gasteiger partial charge in [-0.15, -0.1) is 11.3 Å². The molecule has 0 amide bonds. The van der Waals surface area contributed by atoms with Crippen molar-refractivity contribution in [2.75, 3.05) is 0 Å². The summed E-state index contributed by atoms with van der Waals surface area (Å²) in [6.07, 6.45) is 0.458. The predicted molar refractivity (Wildman–Crippen MR) is 36.3 cm³/mol. The molecular weight excluding hydrogens is 160 g/mol. The van der Waals surface area contributed by atoms with E-state index in [1.54, 1.807) is 0 Å². The van der Waals surface area contributed by atoms with E-state index in [1.165, 1.54) is 17.5 Å². The molecule has 0 aliphatic heterocycles. The number of rotatable bonds is 1. The second-order valence-corrected chi connectivity index (χ2v) is 3.14. The Morgan fingerprint density at radius 3 is 2.78 bits per heavy atom. The molecule has 3 N–H and O–H groups in total. The molecular formula is C4H5ClN2OS. The van der Waals surface area contributed by atoms with Crippen LogP contribution in [0, 0.1) is 0 Å². The number of nitrogens with two attached hydrogens (primary N) is 1. The predicted octanol–water partition coefficient (Wildman–Crippen LogP) is 0.746. The number of nitrogens with zero attached hydrogens (tertiary/aromatic N) is 1. The van der Waals surface area contributed by atoms with Crippen LogP contribution >= 0.6 is 22.9 Å². The molecule has 0 aliphatic carbocycles. The lowest BCUT2D eigenvalue weighted by atomic mass is 10.6. The summed E-state index contributed by atoms with van der Waals surface area (Å²) >= 11 is 6.67. The number of aliphatic hydroxyl groups is 1. The van der Waals surface area contributed by atoms with Gasteiger partial charge in [0, 0.05) is 0 Å². The number of aliphatic hydroxyl groups excluding tert-OH is 1. The summed E-state index contributed by atoms with van der Waals surface area (Å²) in [6.45, 7) is 0. The highest BCUT2D eigenvalue weighted by Crippen LogP contribution is 2.20. The summed E-state index contributed by atoms with van der Waals surface area (Å²) < 4.78 is 0.537. The second-order valence-electron chi connectivity index (χ2n) is 1.45. The van der Waals surface area contributed by atoms with Gasteiger partial charge < -0.3 is 10.8 Å². The summed E-state index contributed by atoms with van der Waals surface area (Å²) in [7, 11) is 0. The minimum atomic E-state index is -0.998. The molecule has 0 radical (unpaired) electrons. The van der Waals surface area contributed by atoms with Crippen LogP contribution in [-0.4, -0.2) is 10.1 Å². The van der Waals surface area contributed by atoms with Crippen molar-refractivity contribution >= 4 is 22.9 Å². The molecule has 1 heterocycles. The van der Waals surface area contributed by atoms with Gasteiger partial charge in [0.05, 0.1) is 6.20 Å². The first-order valence-electron chi connectivity index (χ1n) is 2.25. The lowest BCUT2D eigenvalue weighted by Gasteiger charge is -1.94. The van der Waals surface area contributed by atoms with Gasteiger partial charge in [-0.3, -0.25) is 0 Å². The van der Waals surface area contributed by atoms with Gasteiger partial charge in [-0.05, 0) is 0 Å². The molecule has 1 aromatic heterocycles. The van der Waals surface area contributed by atoms with Crippen LogP contribution in [-0.2, 0) is 0 Å². The van der Waals surface area contributed by atoms with Crippen LogP contribution in [0.4, 0.5) is 0 Å². The zero-order valence-corrected chi connectivity index (χ0v) is 5.99. The first kappa shape index (κ1) is 6.95. The van der Waals surface area contributed by atoms with Crippen molar-refractivity contribution in [3.8, 4) is 0 Å². The van der Waals surface area contributed by atoms with Crippen LogP contribution in [0.25, 0.3) is 0 Å². The van der Waals surface area contributed by atoms with Gasteiger partial charge >= 0.3 is 0 Å². The molecule has 1 rings (SSSR count). The number of halogens is 1. The third-order valence-corrected chi connectivity index (χ3v) is 1.93. The standard InChI is InChI=1S/C4H5ClN2OS/c5-2-1-7-4(9-2)3(6)8/h1,3,8H,6H2. The normalized spacial score (nSPS) is 13.7. The molecule has 0 aliphatic rings. The molecule has 50 valence electrons. The fraction of sp³-hybridized carbons (Fsp3) is 0.250. The van der Waals surface area contributed by atoms with Gasteiger partial charge in [0.2, 0.25) is 0 Å². The first-order valence-corrected chi connectivity index (χ1v) is 3.44. The quantitative estimate of drug-likeness (QED) is 0.603. The van der Waals surface area contributed by atoms with Gasteiger partial charge in [-0.1, -0.05) is 11.6 Å². The molecule has 1 atom stereocenters. The van der Waals surface area contributed by atoms with E-state index < -0.39 is 6.23 Å². The van der Waals surface area contributed by atoms with Crippen LogP contribution in [0.15, 0.2) is 6.20 Å². The number of hydrogen-bond acceptors (Lipinski definition) is 4. The van der Waals surface area contributed by atoms with Gasteiger partial charge in [0.15, 0.2) is 6.23 Å². The van der Waals surface area contributed by atoms with Crippen LogP contribution in [0.5, 0.6) is 0 Å². The summed E-state index contributed by atoms with van der Waals surface area (Å²) in [4.78, 5) is 3.73. The second kappa shape index (κ2) is 2.62. The van der Waals surface area contributed by atoms with E-state index in [9.17, 15) is 0 Å². The van der Waals surface area contributed by atoms with Crippen molar-refractivity contribution in [2.24, 2.45) is 5.73 Å². The molecule has 0 aromatic carbocycles. The molecule has 0 bridgehead atoms. The minimum absolute atomic E-state index is 0.444. The molecule has 5 heteroatoms. The SMILES string of the molecule is NC(O)c1ncc(Cl)s1. The fourth-order valence-electron chi connectivity index (χ4n) is 0.404. The van der Waals surface area contributed by atoms with Gasteiger partial charge in [0.25, 0.3) is 0 Å². The Morgan fingerprint density at radius 1 is 1.89 bits per heavy atom. The van der Waals surface area contributed by atoms with E-state index in [1.807, 2.05) is 0 Å². The lowest BCUT2D eigenvalue weighted by Crippen LogP contribution is -2.07. The Balaban J connectivity index is 2.85. The third kappa shape index (κ3) is 1.62. The minimum Gasteiger partial charge on any atom is -0.372 e. The Hall–Kier alpha value is -0.160. The highest BCUT2D eigenvalue weighted by molar-refractivity contribution is 7.15. The zero-order chi connectivity index (χ0) is 6.85. The van der Waals surface area contributed by atoms with E-state index in [-0.39, 0.29) is 0 Å². The summed E-state index contributed by atoms with van der Waals surface area (Å²) in [6, 6.07) is 0. The third-order valence-electron chi connectivity index (χ3n) is 0.748. The zero-order valence-electron chi connectivity index (χ0n) is 4.41. The number of thiazole rings is 1. The molecule has 0 saturated carbocycles. The Kier molecular flexibility index (Phi) is 2.02. The fourth-order valence-corrected chi connectivity index (χ4v) is 1.22. The summed E-state index contributed by atoms with van der Waals surface area (Å²) in [5, 5.41) is 9.15. The van der Waals surface area contributed by atoms with Crippen molar-refractivity contribution in [1.82, 2.24) is 4.98 Å². The Bertz CT molecular complexity index is 200. The molecule has 1 unspecified atom stereocenters. The summed E-state index contributed by atoms with van der Waals surface area (Å²) in [5.74, 6) is 0. The average molecular weight is 165 g/mol. The van der Waals surface area contributed by atoms with Crippen molar-refractivity contribution in [3.05, 3.63) is 15.5 Å². The topological polar surface area (TPSA) is 59.1 Å². The maximum Gasteiger partial charge on any atom is 0.155 e. The molecule has 1 aromatic rings. The van der Waals surface area contributed by atoms with Crippen LogP contribution < -0.4 is 5.73 Å². The Morgan fingerprint density at radius 2 is 2.56 bits per heavy atom. The highest BCUT2D eigenvalue weighted by atomic mass is 35.5. The smallest absolute Gasteiger partial charge is 0.155 e. The lowest BCUT2D eigenvalue weighted by molar-refractivity contribution is 0.186. The van der Waals surface area contributed by atoms with Crippen molar-refractivity contribution in [3.63, 3.8) is 0 Å². The average Bonchev–Trinajstić information content (AvgIpc) is 2.14. The maximum absolute atomic E-state index is 8.70. The monoisotopic (exact) mass is 164 g/mol. The molecule has 0 spiro atoms. The van der Waals surface area contributed by atoms with Crippen molar-refractivity contribution in [1.29, 1.82) is 0 Å². The largest absolute Gasteiger partial charge is 0.372 e. The molecule has 0 fully saturated rings. The Labute approximate surface area is 61.1 Å². The number of hydrogen-bond donors (Lipinski definition) is 2. The van der Waals surface area contributed by atoms with Gasteiger partial charge in [-0.2, -0.15) is 0 Å². The number of aromatic nitrogens is 1. The van der Waals surface area contributed by atoms with Crippen LogP contribution in [0.3, 0.4) is 0 Å². The molecule has 3 nitrogen and oxygen atoms in total. The van der Waals surface area contributed by atoms with E-state index in [4.69, 9.17) is 22.4 Å². The molecule has 9 heavy (non-hydrogen) atoms. The first-order chi connectivity index (χ1) is 4.20. The highest BCUT2D eigenvalue weighted by Gasteiger charge is 2.04. The van der Waals surface area contributed by atoms with Crippen molar-refractivity contribution in [2.45, 2.75) is 6.23 Å². The van der Waals surface area contributed by atoms with Crippen LogP contribution in [0.2, 0.25) is 4.34 Å². The van der Waals surface area contributed by atoms with E-state index in [0.29, 0.717) is 9.34 Å². The van der Waals surface area contributed by atoms with Crippen molar-refractivity contribution < 1.29 is 5.11 Å². The van der Waals surface area contributed by atoms with Gasteiger partial charge in [0.1, 0.15) is 9.34 Å². The summed E-state index contributed by atoms with van der Waals surface area (Å²) in [5.41, 5.74) is 5.07. The van der Waals surface area contributed by atoms with Crippen LogP contribution in [0.1, 0.15) is 11.2 Å². The van der Waals surface area contributed by atoms with E-state index in [0.717, 1.165) is 0 Å². The maximum atomic E-state index is 8.70. The van der Waals surface area contributed by atoms with E-state index in [2.05, 4.69) is 4.98 Å². The van der Waals surface area contributed by atoms with Gasteiger partial charge in [-0.25, -0.2) is 4.98 Å².